The van der Waals surface area contributed by atoms with Crippen molar-refractivity contribution in [3.05, 3.63) is 11.6 Å². The Morgan fingerprint density at radius 1 is 0.889 bits per heavy atom. The number of nitrogens with one attached hydrogen (secondary N) is 1. The lowest BCUT2D eigenvalue weighted by Gasteiger charge is -2.32. The molecule has 1 N–H and O–H groups in total. The van der Waals surface area contributed by atoms with E-state index in [1.807, 2.05) is 0 Å². The van der Waals surface area contributed by atoms with Crippen LogP contribution < -0.4 is 9.47 Å². The zero-order chi connectivity index (χ0) is 26.3. The summed E-state index contributed by atoms with van der Waals surface area (Å²) >= 11 is 0. The first-order valence-corrected chi connectivity index (χ1v) is 11.3. The molecular formula is C21H23F6N5O4. The minimum absolute atomic E-state index is 0.103. The van der Waals surface area contributed by atoms with Crippen LogP contribution >= 0.6 is 0 Å². The smallest absolute Gasteiger partial charge is 0.391 e. The molecule has 36 heavy (non-hydrogen) atoms. The Bertz CT molecular complexity index is 1120. The maximum absolute atomic E-state index is 12.8. The van der Waals surface area contributed by atoms with Crippen molar-refractivity contribution in [2.45, 2.75) is 45.0 Å². The number of fused-ring (bicyclic) bond motifs is 1. The molecule has 2 amide bonds. The number of carbonyl (C=O) groups is 2. The van der Waals surface area contributed by atoms with E-state index in [0.29, 0.717) is 10.9 Å². The monoisotopic (exact) mass is 523 g/mol. The lowest BCUT2D eigenvalue weighted by Crippen LogP contribution is -2.43. The maximum atomic E-state index is 12.8. The first-order chi connectivity index (χ1) is 16.8. The highest BCUT2D eigenvalue weighted by molar-refractivity contribution is 5.87. The van der Waals surface area contributed by atoms with Crippen molar-refractivity contribution >= 4 is 23.2 Å². The largest absolute Gasteiger partial charge is 0.416 e. The second-order valence-corrected chi connectivity index (χ2v) is 8.87. The third kappa shape index (κ3) is 5.59. The van der Waals surface area contributed by atoms with Crippen LogP contribution in [0, 0.1) is 18.8 Å². The molecule has 0 bridgehead atoms. The summed E-state index contributed by atoms with van der Waals surface area (Å²) in [5.74, 6) is -3.18. The van der Waals surface area contributed by atoms with Gasteiger partial charge in [0.05, 0.1) is 17.2 Å². The van der Waals surface area contributed by atoms with Gasteiger partial charge in [-0.2, -0.15) is 31.3 Å². The molecule has 2 saturated heterocycles. The van der Waals surface area contributed by atoms with Crippen LogP contribution in [0.25, 0.3) is 11.0 Å². The number of ether oxygens (including phenoxy) is 2. The summed E-state index contributed by atoms with van der Waals surface area (Å²) in [6.07, 6.45) is -11.2. The standard InChI is InChI=1S/C21H23F6N5O4/c1-11-10-14(35-18(33)31-6-2-12(3-7-31)20(22,23)24)28-16-15(11)17(30-29-16)36-19(34)32-8-4-13(5-9-32)21(25,26)27/h10,12-13H,2-9H2,1H3,(H,28,29,30). The molecule has 0 radical (unpaired) electrons. The third-order valence-corrected chi connectivity index (χ3v) is 6.48. The number of halogens is 6. The molecule has 0 spiro atoms. The number of H-pyrrole nitrogens is 1. The van der Waals surface area contributed by atoms with Gasteiger partial charge in [-0.1, -0.05) is 0 Å². The summed E-state index contributed by atoms with van der Waals surface area (Å²) in [6.45, 7) is 1.19. The van der Waals surface area contributed by atoms with Crippen molar-refractivity contribution in [2.75, 3.05) is 26.2 Å². The highest BCUT2D eigenvalue weighted by Crippen LogP contribution is 2.36. The van der Waals surface area contributed by atoms with E-state index in [-0.39, 0.29) is 69.3 Å². The number of carbonyl (C=O) groups excluding carboxylic acids is 2. The number of rotatable bonds is 2. The van der Waals surface area contributed by atoms with Crippen molar-refractivity contribution in [3.63, 3.8) is 0 Å². The van der Waals surface area contributed by atoms with Gasteiger partial charge in [0.15, 0.2) is 5.65 Å². The van der Waals surface area contributed by atoms with Gasteiger partial charge in [0.25, 0.3) is 5.88 Å². The molecule has 4 rings (SSSR count). The van der Waals surface area contributed by atoms with E-state index >= 15 is 0 Å². The number of pyridine rings is 1. The van der Waals surface area contributed by atoms with Crippen molar-refractivity contribution in [3.8, 4) is 11.8 Å². The van der Waals surface area contributed by atoms with E-state index in [2.05, 4.69) is 15.2 Å². The number of piperidine rings is 2. The molecule has 198 valence electrons. The van der Waals surface area contributed by atoms with Crippen LogP contribution in [0.4, 0.5) is 35.9 Å². The van der Waals surface area contributed by atoms with Gasteiger partial charge < -0.3 is 19.3 Å². The summed E-state index contributed by atoms with van der Waals surface area (Å²) in [5.41, 5.74) is 0.582. The van der Waals surface area contributed by atoms with Gasteiger partial charge in [-0.05, 0) is 38.2 Å². The van der Waals surface area contributed by atoms with Gasteiger partial charge in [-0.25, -0.2) is 9.59 Å². The molecule has 2 aromatic rings. The van der Waals surface area contributed by atoms with Crippen LogP contribution in [0.1, 0.15) is 31.2 Å². The summed E-state index contributed by atoms with van der Waals surface area (Å²) in [5, 5.41) is 6.74. The predicted octanol–water partition coefficient (Wildman–Crippen LogP) is 4.81. The maximum Gasteiger partial charge on any atom is 0.416 e. The highest BCUT2D eigenvalue weighted by Gasteiger charge is 2.43. The number of likely N-dealkylation sites (tertiary alicyclic amines) is 2. The lowest BCUT2D eigenvalue weighted by molar-refractivity contribution is -0.184. The van der Waals surface area contributed by atoms with Crippen LogP contribution in [0.3, 0.4) is 0 Å². The number of aryl methyl sites for hydroxylation is 1. The average molecular weight is 523 g/mol. The van der Waals surface area contributed by atoms with E-state index in [0.717, 1.165) is 0 Å². The zero-order valence-electron chi connectivity index (χ0n) is 19.1. The molecule has 15 heteroatoms. The minimum Gasteiger partial charge on any atom is -0.391 e. The molecule has 0 saturated carbocycles. The number of alkyl halides is 6. The number of amides is 2. The first kappa shape index (κ1) is 25.8. The molecule has 0 unspecified atom stereocenters. The quantitative estimate of drug-likeness (QED) is 0.567. The van der Waals surface area contributed by atoms with Crippen molar-refractivity contribution in [1.82, 2.24) is 25.0 Å². The zero-order valence-corrected chi connectivity index (χ0v) is 19.1. The number of aromatic amines is 1. The number of aromatic nitrogens is 3. The fourth-order valence-electron chi connectivity index (χ4n) is 4.36. The minimum atomic E-state index is -4.31. The van der Waals surface area contributed by atoms with E-state index in [4.69, 9.17) is 9.47 Å². The average Bonchev–Trinajstić information content (AvgIpc) is 3.21. The molecule has 0 atom stereocenters. The van der Waals surface area contributed by atoms with Crippen LogP contribution in [0.2, 0.25) is 0 Å². The Morgan fingerprint density at radius 3 is 1.83 bits per heavy atom. The topological polar surface area (TPSA) is 101 Å². The van der Waals surface area contributed by atoms with E-state index in [1.165, 1.54) is 15.9 Å². The molecule has 2 aliphatic heterocycles. The van der Waals surface area contributed by atoms with Crippen LogP contribution in [-0.2, 0) is 0 Å². The summed E-state index contributed by atoms with van der Waals surface area (Å²) < 4.78 is 87.5. The molecule has 2 aliphatic rings. The Morgan fingerprint density at radius 2 is 1.36 bits per heavy atom. The first-order valence-electron chi connectivity index (χ1n) is 11.3. The van der Waals surface area contributed by atoms with Gasteiger partial charge >= 0.3 is 24.5 Å². The number of hydrogen-bond acceptors (Lipinski definition) is 6. The van der Waals surface area contributed by atoms with Crippen molar-refractivity contribution in [2.24, 2.45) is 11.8 Å². The normalized spacial score (nSPS) is 18.5. The fraction of sp³-hybridized carbons (Fsp3) is 0.619. The van der Waals surface area contributed by atoms with Crippen molar-refractivity contribution < 1.29 is 45.4 Å². The number of hydrogen-bond donors (Lipinski definition) is 1. The van der Waals surface area contributed by atoms with Gasteiger partial charge in [-0.3, -0.25) is 5.10 Å². The van der Waals surface area contributed by atoms with Gasteiger partial charge in [0.1, 0.15) is 0 Å². The van der Waals surface area contributed by atoms with Crippen molar-refractivity contribution in [1.29, 1.82) is 0 Å². The van der Waals surface area contributed by atoms with E-state index in [9.17, 15) is 35.9 Å². The fourth-order valence-corrected chi connectivity index (χ4v) is 4.36. The van der Waals surface area contributed by atoms with E-state index in [1.54, 1.807) is 6.92 Å². The summed E-state index contributed by atoms with van der Waals surface area (Å²) in [4.78, 5) is 31.3. The van der Waals surface area contributed by atoms with E-state index < -0.39 is 36.4 Å². The molecule has 2 aromatic heterocycles. The van der Waals surface area contributed by atoms with Crippen LogP contribution in [0.15, 0.2) is 6.07 Å². The highest BCUT2D eigenvalue weighted by atomic mass is 19.4. The predicted molar refractivity (Wildman–Crippen MR) is 111 cm³/mol. The Balaban J connectivity index is 1.38. The molecular weight excluding hydrogens is 500 g/mol. The number of nitrogens with zero attached hydrogens (tertiary/aromatic N) is 4. The molecule has 0 aliphatic carbocycles. The third-order valence-electron chi connectivity index (χ3n) is 6.48. The molecule has 2 fully saturated rings. The summed E-state index contributed by atoms with van der Waals surface area (Å²) in [7, 11) is 0. The SMILES string of the molecule is Cc1cc(OC(=O)N2CCC(C(F)(F)F)CC2)nc2[nH]nc(OC(=O)N3CCC(C(F)(F)F)CC3)c12. The Hall–Kier alpha value is -3.26. The molecule has 0 aromatic carbocycles. The second kappa shape index (κ2) is 9.65. The molecule has 4 heterocycles. The van der Waals surface area contributed by atoms with Gasteiger partial charge in [0, 0.05) is 32.2 Å². The van der Waals surface area contributed by atoms with Gasteiger partial charge in [-0.15, -0.1) is 5.10 Å². The Kier molecular flexibility index (Phi) is 6.92. The Labute approximate surface area is 200 Å². The molecule has 9 nitrogen and oxygen atoms in total. The second-order valence-electron chi connectivity index (χ2n) is 8.87. The van der Waals surface area contributed by atoms with Crippen LogP contribution in [0.5, 0.6) is 11.8 Å². The van der Waals surface area contributed by atoms with Gasteiger partial charge in [0.2, 0.25) is 5.88 Å². The summed E-state index contributed by atoms with van der Waals surface area (Å²) in [6, 6.07) is 1.38. The van der Waals surface area contributed by atoms with Crippen LogP contribution in [-0.4, -0.2) is 75.7 Å². The lowest BCUT2D eigenvalue weighted by atomic mass is 9.97.